The Morgan fingerprint density at radius 2 is 2.38 bits per heavy atom. The van der Waals surface area contributed by atoms with Crippen LogP contribution in [0.5, 0.6) is 0 Å². The van der Waals surface area contributed by atoms with Gasteiger partial charge < -0.3 is 5.32 Å². The molecule has 82 valence electrons. The van der Waals surface area contributed by atoms with Crippen molar-refractivity contribution in [2.24, 2.45) is 5.92 Å². The highest BCUT2D eigenvalue weighted by atomic mass is 79.9. The first-order valence-corrected chi connectivity index (χ1v) is 5.96. The number of carbonyl (C=O) groups excluding carboxylic acids is 1. The first-order chi connectivity index (χ1) is 7.70. The van der Waals surface area contributed by atoms with Crippen LogP contribution < -0.4 is 5.32 Å². The topological polar surface area (TPSA) is 52.9 Å². The summed E-state index contributed by atoms with van der Waals surface area (Å²) in [5.41, 5.74) is 2.03. The molecule has 16 heavy (non-hydrogen) atoms. The highest BCUT2D eigenvalue weighted by Gasteiger charge is 2.25. The van der Waals surface area contributed by atoms with Gasteiger partial charge in [0.1, 0.15) is 0 Å². The van der Waals surface area contributed by atoms with Crippen molar-refractivity contribution in [3.05, 3.63) is 28.2 Å². The van der Waals surface area contributed by atoms with Crippen molar-refractivity contribution in [2.45, 2.75) is 19.3 Å². The maximum Gasteiger partial charge on any atom is 0.227 e. The van der Waals surface area contributed by atoms with E-state index in [1.54, 1.807) is 0 Å². The molecule has 0 saturated carbocycles. The number of amides is 1. The average Bonchev–Trinajstić information content (AvgIpc) is 2.27. The first kappa shape index (κ1) is 11.2. The van der Waals surface area contributed by atoms with Crippen LogP contribution in [0.4, 0.5) is 5.69 Å². The molecule has 1 aliphatic rings. The number of nitriles is 1. The summed E-state index contributed by atoms with van der Waals surface area (Å²) in [7, 11) is 0. The van der Waals surface area contributed by atoms with E-state index in [9.17, 15) is 4.79 Å². The number of nitrogens with one attached hydrogen (secondary N) is 1. The third kappa shape index (κ3) is 2.25. The van der Waals surface area contributed by atoms with Crippen LogP contribution in [0.3, 0.4) is 0 Å². The average molecular weight is 279 g/mol. The molecule has 0 aromatic heterocycles. The lowest BCUT2D eigenvalue weighted by Gasteiger charge is -2.24. The second kappa shape index (κ2) is 4.67. The molecule has 4 heteroatoms. The smallest absolute Gasteiger partial charge is 0.227 e. The molecule has 1 atom stereocenters. The van der Waals surface area contributed by atoms with E-state index in [0.29, 0.717) is 12.8 Å². The third-order valence-electron chi connectivity index (χ3n) is 2.77. The summed E-state index contributed by atoms with van der Waals surface area (Å²) < 4.78 is 1.02. The summed E-state index contributed by atoms with van der Waals surface area (Å²) in [5.74, 6) is -0.0356. The van der Waals surface area contributed by atoms with Crippen molar-refractivity contribution in [2.75, 3.05) is 5.32 Å². The Morgan fingerprint density at radius 3 is 3.12 bits per heavy atom. The van der Waals surface area contributed by atoms with Gasteiger partial charge in [0, 0.05) is 22.5 Å². The molecule has 1 aromatic rings. The van der Waals surface area contributed by atoms with Crippen molar-refractivity contribution in [3.8, 4) is 6.07 Å². The fourth-order valence-corrected chi connectivity index (χ4v) is 2.33. The molecular weight excluding hydrogens is 268 g/mol. The maximum absolute atomic E-state index is 11.7. The molecule has 1 aliphatic heterocycles. The van der Waals surface area contributed by atoms with Crippen molar-refractivity contribution >= 4 is 27.5 Å². The van der Waals surface area contributed by atoms with Crippen LogP contribution >= 0.6 is 15.9 Å². The molecule has 1 aromatic carbocycles. The van der Waals surface area contributed by atoms with Gasteiger partial charge in [0.25, 0.3) is 0 Å². The Morgan fingerprint density at radius 1 is 1.56 bits per heavy atom. The predicted molar refractivity (Wildman–Crippen MR) is 64.8 cm³/mol. The van der Waals surface area contributed by atoms with Gasteiger partial charge in [0.05, 0.1) is 6.07 Å². The Balaban J connectivity index is 2.20. The number of hydrogen-bond donors (Lipinski definition) is 1. The number of carbonyl (C=O) groups is 1. The standard InChI is InChI=1S/C12H11BrN2O/c13-10-3-4-11-9(7-10)6-8(2-1-5-14)12(16)15-11/h3-4,7-8H,1-2,6H2,(H,15,16). The molecule has 2 rings (SSSR count). The molecule has 0 spiro atoms. The summed E-state index contributed by atoms with van der Waals surface area (Å²) >= 11 is 3.41. The van der Waals surface area contributed by atoms with Crippen molar-refractivity contribution < 1.29 is 4.79 Å². The Kier molecular flexibility index (Phi) is 3.25. The van der Waals surface area contributed by atoms with E-state index >= 15 is 0 Å². The van der Waals surface area contributed by atoms with Gasteiger partial charge in [0.2, 0.25) is 5.91 Å². The molecule has 0 fully saturated rings. The van der Waals surface area contributed by atoms with E-state index in [1.165, 1.54) is 0 Å². The summed E-state index contributed by atoms with van der Waals surface area (Å²) in [5, 5.41) is 11.4. The lowest BCUT2D eigenvalue weighted by Crippen LogP contribution is -2.29. The highest BCUT2D eigenvalue weighted by Crippen LogP contribution is 2.29. The maximum atomic E-state index is 11.7. The zero-order valence-corrected chi connectivity index (χ0v) is 10.3. The van der Waals surface area contributed by atoms with Gasteiger partial charge in [-0.2, -0.15) is 5.26 Å². The first-order valence-electron chi connectivity index (χ1n) is 5.17. The van der Waals surface area contributed by atoms with Crippen LogP contribution in [-0.4, -0.2) is 5.91 Å². The van der Waals surface area contributed by atoms with Crippen molar-refractivity contribution in [1.29, 1.82) is 5.26 Å². The van der Waals surface area contributed by atoms with Gasteiger partial charge in [-0.05, 0) is 36.6 Å². The molecule has 0 bridgehead atoms. The number of anilines is 1. The zero-order chi connectivity index (χ0) is 11.5. The van der Waals surface area contributed by atoms with Gasteiger partial charge in [0.15, 0.2) is 0 Å². The molecule has 0 radical (unpaired) electrons. The highest BCUT2D eigenvalue weighted by molar-refractivity contribution is 9.10. The number of benzene rings is 1. The van der Waals surface area contributed by atoms with Crippen molar-refractivity contribution in [3.63, 3.8) is 0 Å². The van der Waals surface area contributed by atoms with E-state index in [1.807, 2.05) is 18.2 Å². The minimum atomic E-state index is -0.0681. The lowest BCUT2D eigenvalue weighted by atomic mass is 9.90. The minimum Gasteiger partial charge on any atom is -0.326 e. The van der Waals surface area contributed by atoms with Gasteiger partial charge in [-0.15, -0.1) is 0 Å². The van der Waals surface area contributed by atoms with Crippen LogP contribution in [0.1, 0.15) is 18.4 Å². The van der Waals surface area contributed by atoms with Gasteiger partial charge in [-0.1, -0.05) is 15.9 Å². The summed E-state index contributed by atoms with van der Waals surface area (Å²) in [4.78, 5) is 11.7. The number of fused-ring (bicyclic) bond motifs is 1. The molecule has 1 amide bonds. The predicted octanol–water partition coefficient (Wildman–Crippen LogP) is 2.86. The second-order valence-corrected chi connectivity index (χ2v) is 4.80. The number of rotatable bonds is 2. The fraction of sp³-hybridized carbons (Fsp3) is 0.333. The van der Waals surface area contributed by atoms with Crippen molar-refractivity contribution in [1.82, 2.24) is 0 Å². The van der Waals surface area contributed by atoms with Crippen LogP contribution in [0.2, 0.25) is 0 Å². The van der Waals surface area contributed by atoms with Gasteiger partial charge in [-0.3, -0.25) is 4.79 Å². The third-order valence-corrected chi connectivity index (χ3v) is 3.26. The molecular formula is C12H11BrN2O. The normalized spacial score (nSPS) is 18.5. The van der Waals surface area contributed by atoms with E-state index in [-0.39, 0.29) is 11.8 Å². The molecule has 1 N–H and O–H groups in total. The van der Waals surface area contributed by atoms with Crippen LogP contribution in [0.15, 0.2) is 22.7 Å². The number of nitrogens with zero attached hydrogens (tertiary/aromatic N) is 1. The summed E-state index contributed by atoms with van der Waals surface area (Å²) in [6, 6.07) is 7.92. The summed E-state index contributed by atoms with van der Waals surface area (Å²) in [6.07, 6.45) is 1.79. The molecule has 0 aliphatic carbocycles. The minimum absolute atomic E-state index is 0.0325. The lowest BCUT2D eigenvalue weighted by molar-refractivity contribution is -0.120. The summed E-state index contributed by atoms with van der Waals surface area (Å²) in [6.45, 7) is 0. The van der Waals surface area contributed by atoms with Gasteiger partial charge >= 0.3 is 0 Å². The second-order valence-electron chi connectivity index (χ2n) is 3.89. The van der Waals surface area contributed by atoms with Crippen LogP contribution in [-0.2, 0) is 11.2 Å². The van der Waals surface area contributed by atoms with E-state index < -0.39 is 0 Å². The zero-order valence-electron chi connectivity index (χ0n) is 8.66. The number of hydrogen-bond acceptors (Lipinski definition) is 2. The SMILES string of the molecule is N#CCCC1Cc2cc(Br)ccc2NC1=O. The fourth-order valence-electron chi connectivity index (χ4n) is 1.92. The van der Waals surface area contributed by atoms with E-state index in [0.717, 1.165) is 22.1 Å². The Hall–Kier alpha value is -1.34. The van der Waals surface area contributed by atoms with E-state index in [2.05, 4.69) is 27.3 Å². The quantitative estimate of drug-likeness (QED) is 0.905. The molecule has 0 saturated heterocycles. The van der Waals surface area contributed by atoms with Gasteiger partial charge in [-0.25, -0.2) is 0 Å². The Bertz CT molecular complexity index is 465. The molecule has 1 heterocycles. The van der Waals surface area contributed by atoms with Crippen LogP contribution in [0.25, 0.3) is 0 Å². The Labute approximate surface area is 103 Å². The van der Waals surface area contributed by atoms with Crippen LogP contribution in [0, 0.1) is 17.2 Å². The molecule has 3 nitrogen and oxygen atoms in total. The largest absolute Gasteiger partial charge is 0.326 e. The number of halogens is 1. The monoisotopic (exact) mass is 278 g/mol. The van der Waals surface area contributed by atoms with E-state index in [4.69, 9.17) is 5.26 Å². The molecule has 1 unspecified atom stereocenters.